The molecule has 2 aromatic carbocycles. The minimum atomic E-state index is -0.585. The third-order valence-electron chi connectivity index (χ3n) is 6.11. The van der Waals surface area contributed by atoms with Gasteiger partial charge in [-0.1, -0.05) is 24.3 Å². The molecule has 1 spiro atoms. The third kappa shape index (κ3) is 3.79. The van der Waals surface area contributed by atoms with Crippen LogP contribution in [0.2, 0.25) is 0 Å². The van der Waals surface area contributed by atoms with Gasteiger partial charge in [0, 0.05) is 56.5 Å². The van der Waals surface area contributed by atoms with Crippen molar-refractivity contribution in [2.24, 2.45) is 0 Å². The first-order chi connectivity index (χ1) is 14.4. The van der Waals surface area contributed by atoms with Gasteiger partial charge in [0.15, 0.2) is 0 Å². The Labute approximate surface area is 175 Å². The summed E-state index contributed by atoms with van der Waals surface area (Å²) in [6.07, 6.45) is 0.0603. The zero-order chi connectivity index (χ0) is 21.3. The molecule has 1 fully saturated rings. The number of nitrogens with zero attached hydrogens (tertiary/aromatic N) is 2. The van der Waals surface area contributed by atoms with E-state index in [1.165, 1.54) is 12.1 Å². The molecule has 160 valence electrons. The van der Waals surface area contributed by atoms with Gasteiger partial charge >= 0.3 is 0 Å². The van der Waals surface area contributed by atoms with Crippen molar-refractivity contribution in [1.82, 2.24) is 4.90 Å². The van der Waals surface area contributed by atoms with E-state index in [4.69, 9.17) is 9.47 Å². The highest BCUT2D eigenvalue weighted by Gasteiger charge is 2.50. The molecule has 0 saturated carbocycles. The highest BCUT2D eigenvalue weighted by molar-refractivity contribution is 5.81. The first-order valence-electron chi connectivity index (χ1n) is 10.1. The van der Waals surface area contributed by atoms with E-state index in [0.717, 1.165) is 17.3 Å². The van der Waals surface area contributed by atoms with E-state index in [0.29, 0.717) is 44.8 Å². The highest BCUT2D eigenvalue weighted by Crippen LogP contribution is 2.48. The molecule has 0 aliphatic carbocycles. The topological polar surface area (TPSA) is 42.0 Å². The lowest BCUT2D eigenvalue weighted by molar-refractivity contribution is -0.140. The van der Waals surface area contributed by atoms with Crippen LogP contribution in [0.1, 0.15) is 17.5 Å². The number of para-hydroxylation sites is 1. The van der Waals surface area contributed by atoms with Crippen LogP contribution in [0.25, 0.3) is 0 Å². The van der Waals surface area contributed by atoms with Gasteiger partial charge in [0.05, 0.1) is 13.2 Å². The maximum absolute atomic E-state index is 14.3. The Morgan fingerprint density at radius 3 is 2.87 bits per heavy atom. The van der Waals surface area contributed by atoms with E-state index < -0.39 is 17.7 Å². The Hall–Kier alpha value is -2.51. The van der Waals surface area contributed by atoms with Crippen LogP contribution >= 0.6 is 0 Å². The van der Waals surface area contributed by atoms with Gasteiger partial charge in [-0.05, 0) is 24.1 Å². The summed E-state index contributed by atoms with van der Waals surface area (Å²) in [5, 5.41) is 0. The Balaban J connectivity index is 1.55. The van der Waals surface area contributed by atoms with Crippen molar-refractivity contribution < 1.29 is 23.0 Å². The number of rotatable bonds is 6. The summed E-state index contributed by atoms with van der Waals surface area (Å²) < 4.78 is 38.6. The molecule has 30 heavy (non-hydrogen) atoms. The predicted octanol–water partition coefficient (Wildman–Crippen LogP) is 3.12. The minimum Gasteiger partial charge on any atom is -0.383 e. The molecule has 2 aliphatic heterocycles. The fourth-order valence-electron chi connectivity index (χ4n) is 4.50. The van der Waals surface area contributed by atoms with Crippen LogP contribution in [0.4, 0.5) is 14.5 Å². The summed E-state index contributed by atoms with van der Waals surface area (Å²) in [6, 6.07) is 11.7. The fourth-order valence-corrected chi connectivity index (χ4v) is 4.50. The van der Waals surface area contributed by atoms with Crippen LogP contribution < -0.4 is 4.90 Å². The van der Waals surface area contributed by atoms with Crippen LogP contribution in [0.5, 0.6) is 0 Å². The van der Waals surface area contributed by atoms with Crippen LogP contribution in [0.3, 0.4) is 0 Å². The number of halogens is 2. The Morgan fingerprint density at radius 2 is 2.10 bits per heavy atom. The molecule has 1 saturated heterocycles. The van der Waals surface area contributed by atoms with E-state index in [9.17, 15) is 13.6 Å². The van der Waals surface area contributed by atoms with Crippen LogP contribution in [-0.4, -0.2) is 57.4 Å². The van der Waals surface area contributed by atoms with Gasteiger partial charge in [0.1, 0.15) is 17.7 Å². The molecule has 7 heteroatoms. The number of likely N-dealkylation sites (N-methyl/N-ethyl adjacent to an activating group) is 1. The van der Waals surface area contributed by atoms with Crippen LogP contribution in [0.15, 0.2) is 42.5 Å². The number of hydrogen-bond acceptors (Lipinski definition) is 4. The first-order valence-corrected chi connectivity index (χ1v) is 10.1. The van der Waals surface area contributed by atoms with Crippen LogP contribution in [-0.2, 0) is 26.2 Å². The van der Waals surface area contributed by atoms with Crippen molar-refractivity contribution in [2.75, 3.05) is 45.4 Å². The largest absolute Gasteiger partial charge is 0.383 e. The summed E-state index contributed by atoms with van der Waals surface area (Å²) in [4.78, 5) is 16.5. The molecule has 0 bridgehead atoms. The standard InChI is InChI=1S/C23H26F2N2O3/c1-26(9-10-29-2)22(28)21-12-23(15-30-21)14-27(20-6-4-3-5-18(20)23)13-16-7-8-17(24)11-19(16)25/h3-8,11,21H,9-10,12-15H2,1-2H3/t21-,23-/m0/s1. The van der Waals surface area contributed by atoms with Crippen molar-refractivity contribution in [1.29, 1.82) is 0 Å². The SMILES string of the molecule is COCCN(C)C(=O)[C@@H]1C[C@@]2(CO1)CN(Cc1ccc(F)cc1F)c1ccccc12. The van der Waals surface area contributed by atoms with Gasteiger partial charge in [0.2, 0.25) is 0 Å². The number of amides is 1. The average Bonchev–Trinajstić information content (AvgIpc) is 3.30. The Morgan fingerprint density at radius 1 is 1.30 bits per heavy atom. The number of fused-ring (bicyclic) bond motifs is 2. The smallest absolute Gasteiger partial charge is 0.251 e. The molecule has 0 N–H and O–H groups in total. The number of carbonyl (C=O) groups is 1. The van der Waals surface area contributed by atoms with Gasteiger partial charge < -0.3 is 19.3 Å². The van der Waals surface area contributed by atoms with E-state index in [1.807, 2.05) is 18.2 Å². The number of benzene rings is 2. The van der Waals surface area contributed by atoms with Crippen molar-refractivity contribution in [3.05, 3.63) is 65.2 Å². The normalized spacial score (nSPS) is 22.5. The number of hydrogen-bond donors (Lipinski definition) is 0. The highest BCUT2D eigenvalue weighted by atomic mass is 19.1. The molecule has 0 unspecified atom stereocenters. The van der Waals surface area contributed by atoms with Gasteiger partial charge in [-0.2, -0.15) is 0 Å². The molecule has 0 radical (unpaired) electrons. The predicted molar refractivity (Wildman–Crippen MR) is 109 cm³/mol. The molecule has 1 amide bonds. The zero-order valence-corrected chi connectivity index (χ0v) is 17.2. The Kier molecular flexibility index (Phi) is 5.75. The van der Waals surface area contributed by atoms with E-state index >= 15 is 0 Å². The summed E-state index contributed by atoms with van der Waals surface area (Å²) in [6.45, 7) is 2.36. The molecule has 2 heterocycles. The number of methoxy groups -OCH3 is 1. The second-order valence-electron chi connectivity index (χ2n) is 8.15. The Bertz CT molecular complexity index is 938. The fraction of sp³-hybridized carbons (Fsp3) is 0.435. The lowest BCUT2D eigenvalue weighted by Crippen LogP contribution is -2.39. The second-order valence-corrected chi connectivity index (χ2v) is 8.15. The monoisotopic (exact) mass is 416 g/mol. The minimum absolute atomic E-state index is 0.0514. The van der Waals surface area contributed by atoms with Gasteiger partial charge in [0.25, 0.3) is 5.91 Å². The second kappa shape index (κ2) is 8.32. The number of carbonyl (C=O) groups excluding carboxylic acids is 1. The van der Waals surface area contributed by atoms with Crippen molar-refractivity contribution in [3.8, 4) is 0 Å². The van der Waals surface area contributed by atoms with E-state index in [-0.39, 0.29) is 11.3 Å². The van der Waals surface area contributed by atoms with Gasteiger partial charge in [-0.3, -0.25) is 4.79 Å². The molecule has 2 atom stereocenters. The van der Waals surface area contributed by atoms with Gasteiger partial charge in [-0.15, -0.1) is 0 Å². The zero-order valence-electron chi connectivity index (χ0n) is 17.2. The quantitative estimate of drug-likeness (QED) is 0.726. The molecule has 5 nitrogen and oxygen atoms in total. The number of ether oxygens (including phenoxy) is 2. The first kappa shape index (κ1) is 20.8. The molecule has 4 rings (SSSR count). The van der Waals surface area contributed by atoms with E-state index in [2.05, 4.69) is 11.0 Å². The molecular formula is C23H26F2N2O3. The summed E-state index contributed by atoms with van der Waals surface area (Å²) in [5.41, 5.74) is 2.23. The van der Waals surface area contributed by atoms with Crippen LogP contribution in [0, 0.1) is 11.6 Å². The lowest BCUT2D eigenvalue weighted by Gasteiger charge is -2.25. The summed E-state index contributed by atoms with van der Waals surface area (Å²) >= 11 is 0. The maximum Gasteiger partial charge on any atom is 0.251 e. The number of anilines is 1. The van der Waals surface area contributed by atoms with E-state index in [1.54, 1.807) is 19.1 Å². The summed E-state index contributed by atoms with van der Waals surface area (Å²) in [5.74, 6) is -1.19. The average molecular weight is 416 g/mol. The molecule has 2 aliphatic rings. The summed E-state index contributed by atoms with van der Waals surface area (Å²) in [7, 11) is 3.36. The van der Waals surface area contributed by atoms with Crippen molar-refractivity contribution in [3.63, 3.8) is 0 Å². The maximum atomic E-state index is 14.3. The van der Waals surface area contributed by atoms with Crippen molar-refractivity contribution in [2.45, 2.75) is 24.5 Å². The molecule has 2 aromatic rings. The molecular weight excluding hydrogens is 390 g/mol. The lowest BCUT2D eigenvalue weighted by atomic mass is 9.80. The van der Waals surface area contributed by atoms with Gasteiger partial charge in [-0.25, -0.2) is 8.78 Å². The third-order valence-corrected chi connectivity index (χ3v) is 6.11. The van der Waals surface area contributed by atoms with Crippen molar-refractivity contribution >= 4 is 11.6 Å². The molecule has 0 aromatic heterocycles.